The summed E-state index contributed by atoms with van der Waals surface area (Å²) >= 11 is 0. The summed E-state index contributed by atoms with van der Waals surface area (Å²) in [4.78, 5) is 11.3. The fourth-order valence-corrected chi connectivity index (χ4v) is 3.99. The van der Waals surface area contributed by atoms with Gasteiger partial charge in [0.1, 0.15) is 6.10 Å². The minimum absolute atomic E-state index is 0.359. The highest BCUT2D eigenvalue weighted by atomic mass is 16.6. The lowest BCUT2D eigenvalue weighted by Crippen LogP contribution is -2.39. The van der Waals surface area contributed by atoms with Crippen molar-refractivity contribution in [3.8, 4) is 0 Å². The predicted octanol–water partition coefficient (Wildman–Crippen LogP) is 7.51. The molecule has 5 heteroatoms. The molecular formula is C32H56O5. The minimum Gasteiger partial charge on any atom is -0.460 e. The zero-order valence-electron chi connectivity index (χ0n) is 25.2. The molecule has 0 aliphatic rings. The molecule has 0 aromatic rings. The number of hydrogen-bond acceptors (Lipinski definition) is 5. The Hall–Kier alpha value is -1.69. The van der Waals surface area contributed by atoms with Crippen LogP contribution in [-0.2, 0) is 9.53 Å². The molecule has 0 saturated heterocycles. The molecule has 37 heavy (non-hydrogen) atoms. The molecule has 214 valence electrons. The zero-order chi connectivity index (χ0) is 28.6. The van der Waals surface area contributed by atoms with Gasteiger partial charge in [-0.15, -0.1) is 0 Å². The number of carbonyl (C=O) groups excluding carboxylic acids is 1. The van der Waals surface area contributed by atoms with Crippen molar-refractivity contribution in [3.05, 3.63) is 46.6 Å². The van der Waals surface area contributed by atoms with E-state index >= 15 is 0 Å². The Balaban J connectivity index is 4.31. The molecule has 3 N–H and O–H groups in total. The van der Waals surface area contributed by atoms with Gasteiger partial charge in [0.2, 0.25) is 0 Å². The van der Waals surface area contributed by atoms with Gasteiger partial charge >= 0.3 is 5.97 Å². The van der Waals surface area contributed by atoms with Crippen LogP contribution >= 0.6 is 0 Å². The van der Waals surface area contributed by atoms with Gasteiger partial charge in [-0.05, 0) is 120 Å². The van der Waals surface area contributed by atoms with Crippen LogP contribution < -0.4 is 0 Å². The summed E-state index contributed by atoms with van der Waals surface area (Å²) < 4.78 is 5.29. The Kier molecular flexibility index (Phi) is 16.9. The Labute approximate surface area is 227 Å². The van der Waals surface area contributed by atoms with Gasteiger partial charge in [0.05, 0.1) is 17.3 Å². The third kappa shape index (κ3) is 19.1. The van der Waals surface area contributed by atoms with Crippen molar-refractivity contribution in [2.24, 2.45) is 0 Å². The van der Waals surface area contributed by atoms with Crippen LogP contribution in [0.4, 0.5) is 0 Å². The number of aliphatic hydroxyl groups excluding tert-OH is 1. The summed E-state index contributed by atoms with van der Waals surface area (Å²) in [6.07, 6.45) is 16.9. The van der Waals surface area contributed by atoms with E-state index in [-0.39, 0.29) is 5.97 Å². The molecule has 0 aromatic heterocycles. The quantitative estimate of drug-likeness (QED) is 0.0989. The highest BCUT2D eigenvalue weighted by molar-refractivity contribution is 5.66. The van der Waals surface area contributed by atoms with Gasteiger partial charge < -0.3 is 20.1 Å². The summed E-state index contributed by atoms with van der Waals surface area (Å²) in [6.45, 7) is 16.6. The van der Waals surface area contributed by atoms with E-state index in [1.54, 1.807) is 27.7 Å². The number of rotatable bonds is 18. The van der Waals surface area contributed by atoms with Gasteiger partial charge in [-0.25, -0.2) is 0 Å². The standard InChI is InChI=1S/C32H56O5/c1-24(16-12-18-26(3)20-22-29(34)31(6,7)35)14-10-11-15-25(2)17-13-19-27(4)21-23-30(32(8,9)36)37-28(5)33/h14-15,18-19,29-30,34-36H,10-13,16-17,20-23H2,1-9H3/b24-14+,25-15+,26-18+,27-19+/t29-,30-/m1/s1. The van der Waals surface area contributed by atoms with Crippen molar-refractivity contribution in [3.63, 3.8) is 0 Å². The number of aliphatic hydroxyl groups is 3. The van der Waals surface area contributed by atoms with Crippen molar-refractivity contribution in [1.82, 2.24) is 0 Å². The van der Waals surface area contributed by atoms with Crippen LogP contribution in [0.25, 0.3) is 0 Å². The van der Waals surface area contributed by atoms with Gasteiger partial charge in [-0.2, -0.15) is 0 Å². The monoisotopic (exact) mass is 520 g/mol. The van der Waals surface area contributed by atoms with E-state index in [0.717, 1.165) is 51.4 Å². The highest BCUT2D eigenvalue weighted by Crippen LogP contribution is 2.21. The molecule has 0 unspecified atom stereocenters. The average Bonchev–Trinajstić information content (AvgIpc) is 2.76. The Morgan fingerprint density at radius 3 is 1.41 bits per heavy atom. The van der Waals surface area contributed by atoms with Gasteiger partial charge in [-0.3, -0.25) is 4.79 Å². The van der Waals surface area contributed by atoms with Crippen molar-refractivity contribution in [2.75, 3.05) is 0 Å². The first-order valence-corrected chi connectivity index (χ1v) is 13.9. The second-order valence-corrected chi connectivity index (χ2v) is 11.9. The first kappa shape index (κ1) is 35.3. The van der Waals surface area contributed by atoms with E-state index in [2.05, 4.69) is 52.0 Å². The second-order valence-electron chi connectivity index (χ2n) is 11.9. The Bertz CT molecular complexity index is 787. The van der Waals surface area contributed by atoms with Crippen LogP contribution in [0.2, 0.25) is 0 Å². The third-order valence-corrected chi connectivity index (χ3v) is 6.74. The molecular weight excluding hydrogens is 464 g/mol. The lowest BCUT2D eigenvalue weighted by molar-refractivity contribution is -0.159. The van der Waals surface area contributed by atoms with Crippen LogP contribution in [0.5, 0.6) is 0 Å². The number of esters is 1. The Morgan fingerprint density at radius 2 is 1.03 bits per heavy atom. The van der Waals surface area contributed by atoms with Crippen LogP contribution in [0.1, 0.15) is 127 Å². The molecule has 2 atom stereocenters. The number of unbranched alkanes of at least 4 members (excludes halogenated alkanes) is 1. The number of carbonyl (C=O) groups is 1. The van der Waals surface area contributed by atoms with Gasteiger partial charge in [0.25, 0.3) is 0 Å². The summed E-state index contributed by atoms with van der Waals surface area (Å²) in [6, 6.07) is 0. The van der Waals surface area contributed by atoms with Crippen LogP contribution in [0, 0.1) is 0 Å². The molecule has 0 saturated carbocycles. The van der Waals surface area contributed by atoms with E-state index in [1.807, 2.05) is 0 Å². The van der Waals surface area contributed by atoms with Gasteiger partial charge in [0.15, 0.2) is 0 Å². The third-order valence-electron chi connectivity index (χ3n) is 6.74. The molecule has 0 radical (unpaired) electrons. The Morgan fingerprint density at radius 1 is 0.649 bits per heavy atom. The molecule has 0 rings (SSSR count). The molecule has 5 nitrogen and oxygen atoms in total. The lowest BCUT2D eigenvalue weighted by Gasteiger charge is -2.28. The van der Waals surface area contributed by atoms with Crippen LogP contribution in [0.15, 0.2) is 46.6 Å². The molecule has 0 aromatic carbocycles. The largest absolute Gasteiger partial charge is 0.460 e. The summed E-state index contributed by atoms with van der Waals surface area (Å²) in [5.41, 5.74) is 3.24. The summed E-state index contributed by atoms with van der Waals surface area (Å²) in [5, 5.41) is 30.0. The fraction of sp³-hybridized carbons (Fsp3) is 0.719. The van der Waals surface area contributed by atoms with E-state index < -0.39 is 23.4 Å². The van der Waals surface area contributed by atoms with Gasteiger partial charge in [0, 0.05) is 6.92 Å². The highest BCUT2D eigenvalue weighted by Gasteiger charge is 2.29. The lowest BCUT2D eigenvalue weighted by atomic mass is 9.95. The van der Waals surface area contributed by atoms with E-state index in [0.29, 0.717) is 12.8 Å². The molecule has 0 spiro atoms. The molecule has 0 heterocycles. The minimum atomic E-state index is -1.05. The second kappa shape index (κ2) is 17.8. The fourth-order valence-electron chi connectivity index (χ4n) is 3.99. The maximum Gasteiger partial charge on any atom is 0.303 e. The first-order valence-electron chi connectivity index (χ1n) is 13.9. The topological polar surface area (TPSA) is 87.0 Å². The van der Waals surface area contributed by atoms with E-state index in [4.69, 9.17) is 4.74 Å². The van der Waals surface area contributed by atoms with E-state index in [9.17, 15) is 20.1 Å². The van der Waals surface area contributed by atoms with Crippen molar-refractivity contribution in [1.29, 1.82) is 0 Å². The smallest absolute Gasteiger partial charge is 0.303 e. The maximum atomic E-state index is 11.3. The van der Waals surface area contributed by atoms with E-state index in [1.165, 1.54) is 29.2 Å². The first-order chi connectivity index (χ1) is 17.0. The number of allylic oxidation sites excluding steroid dienone is 8. The van der Waals surface area contributed by atoms with Crippen molar-refractivity contribution in [2.45, 2.75) is 150 Å². The maximum absolute atomic E-state index is 11.3. The number of ether oxygens (including phenoxy) is 1. The van der Waals surface area contributed by atoms with Crippen LogP contribution in [-0.4, -0.2) is 44.7 Å². The molecule has 0 aliphatic heterocycles. The zero-order valence-corrected chi connectivity index (χ0v) is 25.2. The molecule has 0 bridgehead atoms. The molecule has 0 amide bonds. The molecule has 0 fully saturated rings. The van der Waals surface area contributed by atoms with Crippen molar-refractivity contribution < 1.29 is 24.9 Å². The SMILES string of the molecule is CC(=O)O[C@H](CC/C(C)=C/CC/C(C)=C/CC/C=C(\C)CC/C=C(\C)CC[C@@H](O)C(C)(C)O)C(C)(C)O. The van der Waals surface area contributed by atoms with Gasteiger partial charge in [-0.1, -0.05) is 46.6 Å². The predicted molar refractivity (Wildman–Crippen MR) is 155 cm³/mol. The summed E-state index contributed by atoms with van der Waals surface area (Å²) in [7, 11) is 0. The average molecular weight is 521 g/mol. The summed E-state index contributed by atoms with van der Waals surface area (Å²) in [5.74, 6) is -0.359. The normalized spacial score (nSPS) is 16.1. The number of hydrogen-bond donors (Lipinski definition) is 3. The van der Waals surface area contributed by atoms with Crippen molar-refractivity contribution >= 4 is 5.97 Å². The van der Waals surface area contributed by atoms with Crippen LogP contribution in [0.3, 0.4) is 0 Å². The molecule has 0 aliphatic carbocycles.